The molecule has 210 valence electrons. The largest absolute Gasteiger partial charge is 0.489 e. The minimum atomic E-state index is -0.649. The van der Waals surface area contributed by atoms with Crippen molar-refractivity contribution >= 4 is 40.7 Å². The molecule has 3 aromatic carbocycles. The molecular formula is C32H30ClN3O4S. The molecule has 5 rings (SSSR count). The topological polar surface area (TPSA) is 73.1 Å². The number of nitrogens with zero attached hydrogens (tertiary/aromatic N) is 3. The summed E-state index contributed by atoms with van der Waals surface area (Å²) in [4.78, 5) is 34.1. The van der Waals surface area contributed by atoms with Crippen LogP contribution in [0.25, 0.3) is 6.08 Å². The normalized spacial score (nSPS) is 14.9. The number of carbonyl (C=O) groups is 1. The Kier molecular flexibility index (Phi) is 8.42. The molecule has 0 bridgehead atoms. The number of aromatic nitrogens is 1. The van der Waals surface area contributed by atoms with E-state index in [4.69, 9.17) is 21.1 Å². The van der Waals surface area contributed by atoms with E-state index < -0.39 is 12.0 Å². The van der Waals surface area contributed by atoms with E-state index in [1.165, 1.54) is 11.3 Å². The number of thiazole rings is 1. The van der Waals surface area contributed by atoms with Gasteiger partial charge in [0, 0.05) is 30.4 Å². The second kappa shape index (κ2) is 12.2. The fourth-order valence-electron chi connectivity index (χ4n) is 4.65. The minimum absolute atomic E-state index is 0.219. The summed E-state index contributed by atoms with van der Waals surface area (Å²) in [5.74, 6) is 0.219. The summed E-state index contributed by atoms with van der Waals surface area (Å²) in [5.41, 5.74) is 4.25. The van der Waals surface area contributed by atoms with E-state index in [0.29, 0.717) is 38.0 Å². The maximum Gasteiger partial charge on any atom is 0.338 e. The van der Waals surface area contributed by atoms with Crippen molar-refractivity contribution in [2.45, 2.75) is 26.5 Å². The highest BCUT2D eigenvalue weighted by Gasteiger charge is 2.33. The van der Waals surface area contributed by atoms with Gasteiger partial charge in [-0.15, -0.1) is 0 Å². The summed E-state index contributed by atoms with van der Waals surface area (Å²) in [5, 5.41) is 0.660. The zero-order valence-electron chi connectivity index (χ0n) is 23.3. The van der Waals surface area contributed by atoms with Crippen molar-refractivity contribution in [3.05, 3.63) is 125 Å². The number of allylic oxidation sites excluding steroid dienone is 1. The van der Waals surface area contributed by atoms with Crippen LogP contribution in [0.2, 0.25) is 5.02 Å². The Bertz CT molecular complexity index is 1790. The molecule has 0 amide bonds. The summed E-state index contributed by atoms with van der Waals surface area (Å²) in [7, 11) is 3.92. The summed E-state index contributed by atoms with van der Waals surface area (Å²) in [6.07, 6.45) is 1.83. The maximum atomic E-state index is 13.8. The van der Waals surface area contributed by atoms with Crippen molar-refractivity contribution in [3.63, 3.8) is 0 Å². The quantitative estimate of drug-likeness (QED) is 0.268. The van der Waals surface area contributed by atoms with E-state index in [9.17, 15) is 9.59 Å². The van der Waals surface area contributed by atoms with Gasteiger partial charge in [0.05, 0.1) is 28.5 Å². The van der Waals surface area contributed by atoms with Gasteiger partial charge in [0.1, 0.15) is 12.4 Å². The molecule has 0 saturated heterocycles. The molecule has 2 heterocycles. The number of ether oxygens (including phenoxy) is 2. The van der Waals surface area contributed by atoms with Crippen molar-refractivity contribution in [2.75, 3.05) is 25.6 Å². The van der Waals surface area contributed by atoms with Crippen LogP contribution in [0.5, 0.6) is 5.75 Å². The third-order valence-corrected chi connectivity index (χ3v) is 8.12. The lowest BCUT2D eigenvalue weighted by Crippen LogP contribution is -2.39. The molecule has 7 nitrogen and oxygen atoms in total. The number of rotatable bonds is 8. The fourth-order valence-corrected chi connectivity index (χ4v) is 5.89. The van der Waals surface area contributed by atoms with Gasteiger partial charge < -0.3 is 14.4 Å². The number of benzene rings is 3. The molecule has 41 heavy (non-hydrogen) atoms. The number of hydrogen-bond donors (Lipinski definition) is 0. The van der Waals surface area contributed by atoms with Crippen LogP contribution in [0.3, 0.4) is 0 Å². The van der Waals surface area contributed by atoms with Gasteiger partial charge in [0.2, 0.25) is 0 Å². The van der Waals surface area contributed by atoms with E-state index in [0.717, 1.165) is 22.4 Å². The van der Waals surface area contributed by atoms with Crippen molar-refractivity contribution in [2.24, 2.45) is 4.99 Å². The summed E-state index contributed by atoms with van der Waals surface area (Å²) >= 11 is 7.53. The van der Waals surface area contributed by atoms with Crippen LogP contribution in [-0.2, 0) is 16.1 Å². The number of esters is 1. The van der Waals surface area contributed by atoms with Gasteiger partial charge in [0.15, 0.2) is 4.80 Å². The average Bonchev–Trinajstić information content (AvgIpc) is 3.26. The highest BCUT2D eigenvalue weighted by Crippen LogP contribution is 2.31. The van der Waals surface area contributed by atoms with E-state index in [1.54, 1.807) is 18.4 Å². The van der Waals surface area contributed by atoms with Crippen LogP contribution in [0, 0.1) is 0 Å². The summed E-state index contributed by atoms with van der Waals surface area (Å²) < 4.78 is 13.4. The monoisotopic (exact) mass is 587 g/mol. The Morgan fingerprint density at radius 2 is 1.78 bits per heavy atom. The fraction of sp³-hybridized carbons (Fsp3) is 0.219. The molecule has 0 unspecified atom stereocenters. The van der Waals surface area contributed by atoms with Crippen molar-refractivity contribution < 1.29 is 14.3 Å². The van der Waals surface area contributed by atoms with E-state index >= 15 is 0 Å². The highest BCUT2D eigenvalue weighted by molar-refractivity contribution is 7.07. The molecular weight excluding hydrogens is 558 g/mol. The molecule has 1 aromatic heterocycles. The SMILES string of the molecule is CCOC(=O)C1=C(C)N=c2s/c(=C\c3ccc(OCc4ccccc4Cl)cc3)c(=O)n2[C@H]1c1ccc(N(C)C)cc1. The number of halogens is 1. The van der Waals surface area contributed by atoms with Crippen molar-refractivity contribution in [1.82, 2.24) is 4.57 Å². The molecule has 1 atom stereocenters. The van der Waals surface area contributed by atoms with Crippen LogP contribution in [0.4, 0.5) is 5.69 Å². The molecule has 0 aliphatic carbocycles. The van der Waals surface area contributed by atoms with Crippen molar-refractivity contribution in [3.8, 4) is 5.75 Å². The van der Waals surface area contributed by atoms with Gasteiger partial charge in [-0.1, -0.05) is 65.4 Å². The van der Waals surface area contributed by atoms with E-state index in [-0.39, 0.29) is 12.2 Å². The number of anilines is 1. The second-order valence-electron chi connectivity index (χ2n) is 9.74. The first kappa shape index (κ1) is 28.4. The van der Waals surface area contributed by atoms with Gasteiger partial charge in [-0.05, 0) is 61.4 Å². The molecule has 1 aliphatic rings. The molecule has 0 spiro atoms. The third-order valence-electron chi connectivity index (χ3n) is 6.77. The van der Waals surface area contributed by atoms with Gasteiger partial charge in [-0.3, -0.25) is 9.36 Å². The van der Waals surface area contributed by atoms with E-state index in [2.05, 4.69) is 4.99 Å². The van der Waals surface area contributed by atoms with Crippen LogP contribution in [0.15, 0.2) is 93.9 Å². The molecule has 0 fully saturated rings. The predicted octanol–water partition coefficient (Wildman–Crippen LogP) is 5.10. The molecule has 4 aromatic rings. The molecule has 0 radical (unpaired) electrons. The molecule has 1 aliphatic heterocycles. The first-order chi connectivity index (χ1) is 19.8. The first-order valence-electron chi connectivity index (χ1n) is 13.2. The standard InChI is InChI=1S/C32H30ClN3O4S/c1-5-39-31(38)28-20(2)34-32-36(29(28)22-12-14-24(15-13-22)35(3)4)30(37)27(41-32)18-21-10-16-25(17-11-21)40-19-23-8-6-7-9-26(23)33/h6-18,29H,5,19H2,1-4H3/b27-18-/t29-/m0/s1. The van der Waals surface area contributed by atoms with Crippen LogP contribution in [0.1, 0.15) is 36.6 Å². The van der Waals surface area contributed by atoms with Gasteiger partial charge >= 0.3 is 5.97 Å². The molecule has 9 heteroatoms. The summed E-state index contributed by atoms with van der Waals surface area (Å²) in [6.45, 7) is 4.13. The Balaban J connectivity index is 1.50. The lowest BCUT2D eigenvalue weighted by Gasteiger charge is -2.25. The first-order valence-corrected chi connectivity index (χ1v) is 14.4. The number of carbonyl (C=O) groups excluding carboxylic acids is 1. The molecule has 0 N–H and O–H groups in total. The van der Waals surface area contributed by atoms with Crippen LogP contribution in [-0.4, -0.2) is 31.2 Å². The smallest absolute Gasteiger partial charge is 0.338 e. The van der Waals surface area contributed by atoms with Gasteiger partial charge in [0.25, 0.3) is 5.56 Å². The van der Waals surface area contributed by atoms with Gasteiger partial charge in [-0.25, -0.2) is 9.79 Å². The minimum Gasteiger partial charge on any atom is -0.489 e. The third kappa shape index (κ3) is 5.99. The molecule has 0 saturated carbocycles. The predicted molar refractivity (Wildman–Crippen MR) is 163 cm³/mol. The maximum absolute atomic E-state index is 13.8. The van der Waals surface area contributed by atoms with Crippen LogP contribution < -0.4 is 24.5 Å². The van der Waals surface area contributed by atoms with Gasteiger partial charge in [-0.2, -0.15) is 0 Å². The average molecular weight is 588 g/mol. The Labute approximate surface area is 247 Å². The number of hydrogen-bond acceptors (Lipinski definition) is 7. The second-order valence-corrected chi connectivity index (χ2v) is 11.2. The Morgan fingerprint density at radius 1 is 1.07 bits per heavy atom. The lowest BCUT2D eigenvalue weighted by molar-refractivity contribution is -0.139. The zero-order chi connectivity index (χ0) is 29.1. The zero-order valence-corrected chi connectivity index (χ0v) is 24.8. The Hall–Kier alpha value is -4.14. The number of fused-ring (bicyclic) bond motifs is 1. The Morgan fingerprint density at radius 3 is 2.44 bits per heavy atom. The van der Waals surface area contributed by atoms with Crippen molar-refractivity contribution in [1.29, 1.82) is 0 Å². The summed E-state index contributed by atoms with van der Waals surface area (Å²) in [6, 6.07) is 22.2. The lowest BCUT2D eigenvalue weighted by atomic mass is 9.95. The van der Waals surface area contributed by atoms with E-state index in [1.807, 2.05) is 97.9 Å². The highest BCUT2D eigenvalue weighted by atomic mass is 35.5. The van der Waals surface area contributed by atoms with Crippen LogP contribution >= 0.6 is 22.9 Å².